The lowest BCUT2D eigenvalue weighted by molar-refractivity contribution is -0.137. The van der Waals surface area contributed by atoms with Gasteiger partial charge in [0, 0.05) is 12.1 Å². The van der Waals surface area contributed by atoms with Gasteiger partial charge in [0.1, 0.15) is 5.75 Å². The van der Waals surface area contributed by atoms with Crippen LogP contribution in [0.25, 0.3) is 0 Å². The average Bonchev–Trinajstić information content (AvgIpc) is 2.42. The van der Waals surface area contributed by atoms with E-state index in [-0.39, 0.29) is 12.2 Å². The number of carboxylic acids is 1. The number of rotatable bonds is 7. The lowest BCUT2D eigenvalue weighted by atomic mass is 10.0. The smallest absolute Gasteiger partial charge is 0.304 e. The van der Waals surface area contributed by atoms with Crippen molar-refractivity contribution >= 4 is 17.4 Å². The van der Waals surface area contributed by atoms with Gasteiger partial charge >= 0.3 is 5.97 Å². The van der Waals surface area contributed by atoms with Gasteiger partial charge in [0.2, 0.25) is 0 Å². The summed E-state index contributed by atoms with van der Waals surface area (Å²) in [6.45, 7) is 2.05. The van der Waals surface area contributed by atoms with Gasteiger partial charge in [0.05, 0.1) is 25.3 Å². The molecule has 1 unspecified atom stereocenters. The second-order valence-corrected chi connectivity index (χ2v) is 4.62. The monoisotopic (exact) mass is 280 g/mol. The number of anilines is 1. The Morgan fingerprint density at radius 3 is 2.60 bits per heavy atom. The summed E-state index contributed by atoms with van der Waals surface area (Å²) in [6.07, 6.45) is -0.00112. The van der Waals surface area contributed by atoms with E-state index in [0.29, 0.717) is 23.5 Å². The number of carbonyl (C=O) groups is 2. The van der Waals surface area contributed by atoms with Crippen molar-refractivity contribution in [2.75, 3.05) is 26.4 Å². The summed E-state index contributed by atoms with van der Waals surface area (Å²) in [5.74, 6) is -0.467. The minimum absolute atomic E-state index is 0.00112. The molecule has 0 aliphatic carbocycles. The van der Waals surface area contributed by atoms with Crippen LogP contribution in [-0.4, -0.2) is 48.5 Å². The highest BCUT2D eigenvalue weighted by molar-refractivity contribution is 6.00. The summed E-state index contributed by atoms with van der Waals surface area (Å²) in [5, 5.41) is 8.65. The highest BCUT2D eigenvalue weighted by Crippen LogP contribution is 2.23. The van der Waals surface area contributed by atoms with Crippen molar-refractivity contribution in [3.8, 4) is 5.75 Å². The summed E-state index contributed by atoms with van der Waals surface area (Å²) < 4.78 is 5.04. The van der Waals surface area contributed by atoms with Crippen LogP contribution in [-0.2, 0) is 4.79 Å². The highest BCUT2D eigenvalue weighted by atomic mass is 16.5. The molecule has 0 aliphatic rings. The number of hydrogen-bond donors (Lipinski definition) is 2. The van der Waals surface area contributed by atoms with Crippen molar-refractivity contribution < 1.29 is 19.4 Å². The number of benzene rings is 1. The average molecular weight is 280 g/mol. The number of nitrogen functional groups attached to an aromatic ring is 1. The molecule has 1 atom stereocenters. The molecule has 0 aromatic heterocycles. The molecule has 110 valence electrons. The van der Waals surface area contributed by atoms with Gasteiger partial charge in [-0.3, -0.25) is 14.5 Å². The third kappa shape index (κ3) is 3.96. The Morgan fingerprint density at radius 2 is 2.10 bits per heavy atom. The molecular weight excluding hydrogens is 260 g/mol. The second-order valence-electron chi connectivity index (χ2n) is 4.62. The Bertz CT molecular complexity index is 502. The van der Waals surface area contributed by atoms with E-state index in [9.17, 15) is 9.59 Å². The molecule has 6 nitrogen and oxygen atoms in total. The van der Waals surface area contributed by atoms with Crippen LogP contribution in [0.5, 0.6) is 5.75 Å². The maximum absolute atomic E-state index is 12.3. The van der Waals surface area contributed by atoms with Crippen molar-refractivity contribution in [2.24, 2.45) is 0 Å². The molecule has 0 aliphatic heterocycles. The fourth-order valence-electron chi connectivity index (χ4n) is 1.79. The number of hydrogen-bond acceptors (Lipinski definition) is 5. The van der Waals surface area contributed by atoms with Crippen molar-refractivity contribution in [2.45, 2.75) is 19.4 Å². The zero-order valence-electron chi connectivity index (χ0n) is 11.9. The number of ether oxygens (including phenoxy) is 1. The van der Waals surface area contributed by atoms with Gasteiger partial charge in [-0.15, -0.1) is 0 Å². The molecule has 3 N–H and O–H groups in total. The number of Topliss-reactive ketones (excluding diaryl/α,β-unsaturated/α-hetero) is 1. The maximum Gasteiger partial charge on any atom is 0.304 e. The number of ketones is 1. The van der Waals surface area contributed by atoms with Gasteiger partial charge < -0.3 is 15.6 Å². The molecule has 0 saturated heterocycles. The van der Waals surface area contributed by atoms with Gasteiger partial charge in [-0.1, -0.05) is 0 Å². The van der Waals surface area contributed by atoms with Crippen LogP contribution in [0.2, 0.25) is 0 Å². The second kappa shape index (κ2) is 6.91. The fraction of sp³-hybridized carbons (Fsp3) is 0.429. The third-order valence-corrected chi connectivity index (χ3v) is 3.23. The van der Waals surface area contributed by atoms with Crippen molar-refractivity contribution in [1.82, 2.24) is 4.90 Å². The van der Waals surface area contributed by atoms with Crippen LogP contribution in [0.4, 0.5) is 5.69 Å². The fourth-order valence-corrected chi connectivity index (χ4v) is 1.79. The van der Waals surface area contributed by atoms with Crippen LogP contribution in [0.3, 0.4) is 0 Å². The molecule has 6 heteroatoms. The minimum atomic E-state index is -0.884. The first-order chi connectivity index (χ1) is 9.36. The first-order valence-corrected chi connectivity index (χ1v) is 6.26. The van der Waals surface area contributed by atoms with Crippen LogP contribution < -0.4 is 10.5 Å². The molecule has 1 aromatic rings. The molecule has 0 amide bonds. The normalized spacial score (nSPS) is 12.2. The Labute approximate surface area is 118 Å². The van der Waals surface area contributed by atoms with Crippen molar-refractivity contribution in [3.05, 3.63) is 23.8 Å². The Kier molecular flexibility index (Phi) is 5.52. The zero-order chi connectivity index (χ0) is 15.3. The van der Waals surface area contributed by atoms with E-state index in [4.69, 9.17) is 15.6 Å². The van der Waals surface area contributed by atoms with E-state index in [1.165, 1.54) is 7.11 Å². The maximum atomic E-state index is 12.3. The molecule has 1 rings (SSSR count). The molecule has 0 heterocycles. The highest BCUT2D eigenvalue weighted by Gasteiger charge is 2.20. The number of methoxy groups -OCH3 is 1. The standard InChI is InChI=1S/C14H20N2O4/c1-9(16(2)7-6-13(17)18)14(19)10-4-5-12(20-3)11(15)8-10/h4-5,8-9H,6-7,15H2,1-3H3,(H,17,18). The summed E-state index contributed by atoms with van der Waals surface area (Å²) in [5.41, 5.74) is 6.66. The van der Waals surface area contributed by atoms with Crippen LogP contribution in [0, 0.1) is 0 Å². The van der Waals surface area contributed by atoms with Gasteiger partial charge in [0.15, 0.2) is 5.78 Å². The predicted molar refractivity (Wildman–Crippen MR) is 76.1 cm³/mol. The van der Waals surface area contributed by atoms with E-state index >= 15 is 0 Å². The zero-order valence-corrected chi connectivity index (χ0v) is 11.9. The van der Waals surface area contributed by atoms with Crippen molar-refractivity contribution in [3.63, 3.8) is 0 Å². The lowest BCUT2D eigenvalue weighted by Crippen LogP contribution is -2.37. The van der Waals surface area contributed by atoms with Crippen LogP contribution >= 0.6 is 0 Å². The Balaban J connectivity index is 2.78. The molecule has 0 saturated carbocycles. The quantitative estimate of drug-likeness (QED) is 0.577. The van der Waals surface area contributed by atoms with E-state index in [1.807, 2.05) is 0 Å². The summed E-state index contributed by atoms with van der Waals surface area (Å²) >= 11 is 0. The number of nitrogens with two attached hydrogens (primary N) is 1. The van der Waals surface area contributed by atoms with Crippen LogP contribution in [0.15, 0.2) is 18.2 Å². The van der Waals surface area contributed by atoms with Crippen LogP contribution in [0.1, 0.15) is 23.7 Å². The first-order valence-electron chi connectivity index (χ1n) is 6.26. The number of carbonyl (C=O) groups excluding carboxylic acids is 1. The van der Waals surface area contributed by atoms with Gasteiger partial charge in [0.25, 0.3) is 0 Å². The number of aliphatic carboxylic acids is 1. The lowest BCUT2D eigenvalue weighted by Gasteiger charge is -2.23. The van der Waals surface area contributed by atoms with Gasteiger partial charge in [-0.05, 0) is 32.2 Å². The molecular formula is C14H20N2O4. The molecule has 0 bridgehead atoms. The van der Waals surface area contributed by atoms with Gasteiger partial charge in [-0.2, -0.15) is 0 Å². The van der Waals surface area contributed by atoms with E-state index in [2.05, 4.69) is 0 Å². The van der Waals surface area contributed by atoms with E-state index < -0.39 is 12.0 Å². The minimum Gasteiger partial charge on any atom is -0.495 e. The Hall–Kier alpha value is -2.08. The summed E-state index contributed by atoms with van der Waals surface area (Å²) in [7, 11) is 3.23. The molecule has 20 heavy (non-hydrogen) atoms. The third-order valence-electron chi connectivity index (χ3n) is 3.23. The van der Waals surface area contributed by atoms with E-state index in [0.717, 1.165) is 0 Å². The number of carboxylic acid groups (broad SMARTS) is 1. The molecule has 0 radical (unpaired) electrons. The largest absolute Gasteiger partial charge is 0.495 e. The SMILES string of the molecule is COc1ccc(C(=O)C(C)N(C)CCC(=O)O)cc1N. The molecule has 0 fully saturated rings. The molecule has 0 spiro atoms. The summed E-state index contributed by atoms with van der Waals surface area (Å²) in [4.78, 5) is 24.5. The first kappa shape index (κ1) is 16.0. The number of likely N-dealkylation sites (N-methyl/N-ethyl adjacent to an activating group) is 1. The molecule has 1 aromatic carbocycles. The van der Waals surface area contributed by atoms with Gasteiger partial charge in [-0.25, -0.2) is 0 Å². The topological polar surface area (TPSA) is 92.9 Å². The summed E-state index contributed by atoms with van der Waals surface area (Å²) in [6, 6.07) is 4.45. The van der Waals surface area contributed by atoms with E-state index in [1.54, 1.807) is 37.1 Å². The van der Waals surface area contributed by atoms with Crippen molar-refractivity contribution in [1.29, 1.82) is 0 Å². The Morgan fingerprint density at radius 1 is 1.45 bits per heavy atom. The number of nitrogens with zero attached hydrogens (tertiary/aromatic N) is 1. The predicted octanol–water partition coefficient (Wildman–Crippen LogP) is 1.26.